The summed E-state index contributed by atoms with van der Waals surface area (Å²) in [6, 6.07) is 2.09. The summed E-state index contributed by atoms with van der Waals surface area (Å²) in [7, 11) is 0. The Morgan fingerprint density at radius 2 is 2.41 bits per heavy atom. The molecule has 4 heteroatoms. The maximum Gasteiger partial charge on any atom is 0.405 e. The van der Waals surface area contributed by atoms with Crippen LogP contribution in [0.4, 0.5) is 4.79 Å². The molecule has 17 heavy (non-hydrogen) atoms. The monoisotopic (exact) mass is 249 g/mol. The molecule has 1 amide bonds. The molecule has 0 saturated heterocycles. The van der Waals surface area contributed by atoms with E-state index in [1.807, 2.05) is 0 Å². The molecular weight excluding hydrogens is 234 g/mol. The van der Waals surface area contributed by atoms with Crippen LogP contribution in [-0.2, 0) is 16.8 Å². The van der Waals surface area contributed by atoms with Crippen molar-refractivity contribution in [2.75, 3.05) is 0 Å². The summed E-state index contributed by atoms with van der Waals surface area (Å²) in [5.41, 5.74) is 5.96. The van der Waals surface area contributed by atoms with Gasteiger partial charge in [0.1, 0.15) is 5.60 Å². The van der Waals surface area contributed by atoms with E-state index in [1.54, 1.807) is 11.3 Å². The molecule has 90 valence electrons. The van der Waals surface area contributed by atoms with E-state index in [-0.39, 0.29) is 0 Å². The molecule has 1 aromatic heterocycles. The molecule has 0 fully saturated rings. The number of ether oxygens (including phenoxy) is 1. The molecule has 1 unspecified atom stereocenters. The Hall–Kier alpha value is -1.29. The van der Waals surface area contributed by atoms with E-state index in [0.717, 1.165) is 25.7 Å². The van der Waals surface area contributed by atoms with Crippen LogP contribution in [0.3, 0.4) is 0 Å². The summed E-state index contributed by atoms with van der Waals surface area (Å²) < 4.78 is 5.56. The molecule has 0 spiro atoms. The van der Waals surface area contributed by atoms with Crippen molar-refractivity contribution in [2.45, 2.75) is 31.3 Å². The maximum absolute atomic E-state index is 11.2. The Bertz CT molecular complexity index is 480. The van der Waals surface area contributed by atoms with Gasteiger partial charge in [0.15, 0.2) is 0 Å². The molecule has 2 N–H and O–H groups in total. The first-order valence-corrected chi connectivity index (χ1v) is 6.80. The lowest BCUT2D eigenvalue weighted by Gasteiger charge is -2.44. The lowest BCUT2D eigenvalue weighted by molar-refractivity contribution is -0.0457. The number of carbonyl (C=O) groups is 1. The van der Waals surface area contributed by atoms with Gasteiger partial charge in [0.2, 0.25) is 0 Å². The van der Waals surface area contributed by atoms with Gasteiger partial charge in [0, 0.05) is 22.8 Å². The van der Waals surface area contributed by atoms with E-state index in [4.69, 9.17) is 10.5 Å². The molecule has 0 bridgehead atoms. The van der Waals surface area contributed by atoms with Crippen molar-refractivity contribution < 1.29 is 9.53 Å². The standard InChI is InChI=1S/C13H15NO2S/c14-12(15)16-13-7-2-1-3-9(13)4-5-11-10(13)6-8-17-11/h1-2,6,8-9H,3-5,7H2,(H2,14,15)/t9-,13?/m1/s1. The van der Waals surface area contributed by atoms with E-state index in [2.05, 4.69) is 23.6 Å². The SMILES string of the molecule is NC(=O)OC12CC=CC[C@@H]1CCc1sccc12. The number of hydrogen-bond acceptors (Lipinski definition) is 3. The van der Waals surface area contributed by atoms with Crippen LogP contribution in [0.1, 0.15) is 29.7 Å². The second-order valence-electron chi connectivity index (χ2n) is 4.71. The van der Waals surface area contributed by atoms with Crippen LogP contribution in [0.25, 0.3) is 0 Å². The summed E-state index contributed by atoms with van der Waals surface area (Å²) in [6.07, 6.45) is 7.52. The van der Waals surface area contributed by atoms with Crippen LogP contribution in [0, 0.1) is 5.92 Å². The number of aryl methyl sites for hydroxylation is 1. The zero-order valence-corrected chi connectivity index (χ0v) is 10.3. The summed E-state index contributed by atoms with van der Waals surface area (Å²) in [4.78, 5) is 12.6. The highest BCUT2D eigenvalue weighted by Crippen LogP contribution is 2.50. The first kappa shape index (κ1) is 10.8. The molecule has 2 aliphatic carbocycles. The van der Waals surface area contributed by atoms with Gasteiger partial charge in [-0.3, -0.25) is 0 Å². The number of carbonyl (C=O) groups excluding carboxylic acids is 1. The molecule has 1 aromatic rings. The van der Waals surface area contributed by atoms with E-state index in [0.29, 0.717) is 5.92 Å². The van der Waals surface area contributed by atoms with Crippen LogP contribution >= 0.6 is 11.3 Å². The van der Waals surface area contributed by atoms with Gasteiger partial charge >= 0.3 is 6.09 Å². The fourth-order valence-electron chi connectivity index (χ4n) is 3.13. The van der Waals surface area contributed by atoms with E-state index >= 15 is 0 Å². The fourth-order valence-corrected chi connectivity index (χ4v) is 4.10. The minimum atomic E-state index is -0.663. The van der Waals surface area contributed by atoms with Crippen LogP contribution < -0.4 is 5.73 Å². The largest absolute Gasteiger partial charge is 0.438 e. The molecule has 0 radical (unpaired) electrons. The number of rotatable bonds is 1. The number of hydrogen-bond donors (Lipinski definition) is 1. The third-order valence-corrected chi connectivity index (χ3v) is 4.85. The molecule has 0 saturated carbocycles. The zero-order chi connectivity index (χ0) is 11.9. The number of primary amides is 1. The normalized spacial score (nSPS) is 30.5. The molecule has 0 aliphatic heterocycles. The summed E-state index contributed by atoms with van der Waals surface area (Å²) in [5, 5.41) is 2.08. The van der Waals surface area contributed by atoms with Crippen molar-refractivity contribution >= 4 is 17.4 Å². The first-order valence-electron chi connectivity index (χ1n) is 5.92. The first-order chi connectivity index (χ1) is 8.22. The minimum absolute atomic E-state index is 0.377. The highest BCUT2D eigenvalue weighted by atomic mass is 32.1. The molecule has 1 heterocycles. The molecule has 2 atom stereocenters. The van der Waals surface area contributed by atoms with Gasteiger partial charge in [-0.2, -0.15) is 0 Å². The predicted octanol–water partition coefficient (Wildman–Crippen LogP) is 2.95. The van der Waals surface area contributed by atoms with Gasteiger partial charge in [-0.1, -0.05) is 12.2 Å². The lowest BCUT2D eigenvalue weighted by Crippen LogP contribution is -2.45. The van der Waals surface area contributed by atoms with Crippen LogP contribution in [0.15, 0.2) is 23.6 Å². The number of amides is 1. The topological polar surface area (TPSA) is 52.3 Å². The van der Waals surface area contributed by atoms with Gasteiger partial charge in [-0.25, -0.2) is 4.79 Å². The van der Waals surface area contributed by atoms with Gasteiger partial charge in [-0.15, -0.1) is 11.3 Å². The zero-order valence-electron chi connectivity index (χ0n) is 9.52. The van der Waals surface area contributed by atoms with Crippen molar-refractivity contribution in [1.29, 1.82) is 0 Å². The number of allylic oxidation sites excluding steroid dienone is 1. The maximum atomic E-state index is 11.2. The third-order valence-electron chi connectivity index (χ3n) is 3.87. The van der Waals surface area contributed by atoms with Crippen molar-refractivity contribution in [3.05, 3.63) is 34.0 Å². The van der Waals surface area contributed by atoms with E-state index in [9.17, 15) is 4.79 Å². The van der Waals surface area contributed by atoms with Crippen LogP contribution in [0.2, 0.25) is 0 Å². The van der Waals surface area contributed by atoms with Gasteiger partial charge in [-0.05, 0) is 30.7 Å². The van der Waals surface area contributed by atoms with Crippen LogP contribution in [-0.4, -0.2) is 6.09 Å². The Morgan fingerprint density at radius 1 is 1.53 bits per heavy atom. The van der Waals surface area contributed by atoms with Gasteiger partial charge in [0.05, 0.1) is 0 Å². The second-order valence-corrected chi connectivity index (χ2v) is 5.72. The number of thiophene rings is 1. The quantitative estimate of drug-likeness (QED) is 0.778. The highest BCUT2D eigenvalue weighted by molar-refractivity contribution is 7.10. The Morgan fingerprint density at radius 3 is 3.24 bits per heavy atom. The average molecular weight is 249 g/mol. The number of fused-ring (bicyclic) bond motifs is 3. The Balaban J connectivity index is 2.10. The molecule has 3 rings (SSSR count). The molecule has 3 nitrogen and oxygen atoms in total. The minimum Gasteiger partial charge on any atom is -0.438 e. The average Bonchev–Trinajstić information content (AvgIpc) is 2.77. The predicted molar refractivity (Wildman–Crippen MR) is 66.9 cm³/mol. The van der Waals surface area contributed by atoms with E-state index < -0.39 is 11.7 Å². The van der Waals surface area contributed by atoms with Crippen LogP contribution in [0.5, 0.6) is 0 Å². The molecular formula is C13H15NO2S. The fraction of sp³-hybridized carbons (Fsp3) is 0.462. The van der Waals surface area contributed by atoms with Crippen molar-refractivity contribution in [3.8, 4) is 0 Å². The number of nitrogens with two attached hydrogens (primary N) is 1. The van der Waals surface area contributed by atoms with Crippen molar-refractivity contribution in [2.24, 2.45) is 11.7 Å². The van der Waals surface area contributed by atoms with Gasteiger partial charge < -0.3 is 10.5 Å². The molecule has 2 aliphatic rings. The summed E-state index contributed by atoms with van der Waals surface area (Å²) in [5.74, 6) is 0.377. The molecule has 0 aromatic carbocycles. The Kier molecular flexibility index (Phi) is 2.47. The second kappa shape index (κ2) is 3.88. The highest BCUT2D eigenvalue weighted by Gasteiger charge is 2.47. The lowest BCUT2D eigenvalue weighted by atomic mass is 9.68. The van der Waals surface area contributed by atoms with E-state index in [1.165, 1.54) is 10.4 Å². The smallest absolute Gasteiger partial charge is 0.405 e. The Labute approximate surface area is 104 Å². The summed E-state index contributed by atoms with van der Waals surface area (Å²) >= 11 is 1.75. The van der Waals surface area contributed by atoms with Gasteiger partial charge in [0.25, 0.3) is 0 Å². The third kappa shape index (κ3) is 1.59. The van der Waals surface area contributed by atoms with Crippen molar-refractivity contribution in [1.82, 2.24) is 0 Å². The summed E-state index contributed by atoms with van der Waals surface area (Å²) in [6.45, 7) is 0. The van der Waals surface area contributed by atoms with Crippen molar-refractivity contribution in [3.63, 3.8) is 0 Å².